The molecule has 0 fully saturated rings. The smallest absolute Gasteiger partial charge is 0.198 e. The van der Waals surface area contributed by atoms with Crippen molar-refractivity contribution >= 4 is 21.5 Å². The van der Waals surface area contributed by atoms with Crippen LogP contribution in [0.1, 0.15) is 0 Å². The highest BCUT2D eigenvalue weighted by Gasteiger charge is 2.22. The molecule has 0 radical (unpaired) electrons. The molecule has 0 aliphatic rings. The van der Waals surface area contributed by atoms with Crippen molar-refractivity contribution in [1.82, 2.24) is 0 Å². The first-order valence-electron chi connectivity index (χ1n) is 7.74. The van der Waals surface area contributed by atoms with Crippen molar-refractivity contribution < 1.29 is 35.1 Å². The zero-order valence-electron chi connectivity index (χ0n) is 13.5. The second kappa shape index (κ2) is 6.19. The van der Waals surface area contributed by atoms with Crippen LogP contribution in [0.5, 0.6) is 0 Å². The predicted octanol–water partition coefficient (Wildman–Crippen LogP) is 6.77. The van der Waals surface area contributed by atoms with Gasteiger partial charge in [-0.25, -0.2) is 35.1 Å². The van der Waals surface area contributed by atoms with E-state index in [4.69, 9.17) is 0 Å². The van der Waals surface area contributed by atoms with Gasteiger partial charge in [-0.05, 0) is 34.7 Å². The minimum absolute atomic E-state index is 0.00721. The fourth-order valence-electron chi connectivity index (χ4n) is 3.14. The third kappa shape index (κ3) is 2.44. The van der Waals surface area contributed by atoms with E-state index in [1.807, 2.05) is 0 Å². The summed E-state index contributed by atoms with van der Waals surface area (Å²) >= 11 is 0. The average Bonchev–Trinajstić information content (AvgIpc) is 2.68. The lowest BCUT2D eigenvalue weighted by Crippen LogP contribution is -1.99. The lowest BCUT2D eigenvalue weighted by atomic mass is 9.95. The summed E-state index contributed by atoms with van der Waals surface area (Å²) in [4.78, 5) is 0. The standard InChI is InChI=1S/C20H6F8/c21-12-4-3-8(10-6-13(22)17(25)18(26)14(10)12)7-1-2-9-11(5-7)16(24)20(28)19(27)15(9)23/h1-6H. The van der Waals surface area contributed by atoms with Crippen LogP contribution < -0.4 is 0 Å². The van der Waals surface area contributed by atoms with Crippen LogP contribution in [0.4, 0.5) is 35.1 Å². The van der Waals surface area contributed by atoms with E-state index in [1.54, 1.807) is 0 Å². The van der Waals surface area contributed by atoms with Crippen LogP contribution in [0.25, 0.3) is 32.7 Å². The number of benzene rings is 4. The van der Waals surface area contributed by atoms with Crippen LogP contribution in [0, 0.1) is 46.5 Å². The maximum atomic E-state index is 14.1. The molecule has 0 N–H and O–H groups in total. The quantitative estimate of drug-likeness (QED) is 0.189. The van der Waals surface area contributed by atoms with Crippen molar-refractivity contribution in [2.75, 3.05) is 0 Å². The SMILES string of the molecule is Fc1cc2c(-c3ccc4c(F)c(F)c(F)c(F)c4c3)ccc(F)c2c(F)c1F. The maximum Gasteiger partial charge on any atom is 0.198 e. The van der Waals surface area contributed by atoms with E-state index in [1.165, 1.54) is 0 Å². The minimum Gasteiger partial charge on any atom is -0.206 e. The van der Waals surface area contributed by atoms with Crippen molar-refractivity contribution in [1.29, 1.82) is 0 Å². The van der Waals surface area contributed by atoms with Crippen LogP contribution in [-0.4, -0.2) is 0 Å². The Labute approximate surface area is 151 Å². The highest BCUT2D eigenvalue weighted by Crippen LogP contribution is 2.36. The molecule has 0 amide bonds. The molecule has 0 aromatic heterocycles. The second-order valence-electron chi connectivity index (χ2n) is 6.02. The van der Waals surface area contributed by atoms with Gasteiger partial charge in [0, 0.05) is 10.8 Å². The molecule has 0 heterocycles. The van der Waals surface area contributed by atoms with Gasteiger partial charge in [0.25, 0.3) is 0 Å². The Kier molecular flexibility index (Phi) is 4.02. The third-order valence-corrected chi connectivity index (χ3v) is 4.47. The molecule has 4 aromatic rings. The summed E-state index contributed by atoms with van der Waals surface area (Å²) < 4.78 is 110. The van der Waals surface area contributed by atoms with Crippen molar-refractivity contribution in [2.45, 2.75) is 0 Å². The van der Waals surface area contributed by atoms with E-state index in [-0.39, 0.29) is 16.5 Å². The van der Waals surface area contributed by atoms with Gasteiger partial charge in [-0.1, -0.05) is 18.2 Å². The summed E-state index contributed by atoms with van der Waals surface area (Å²) in [5, 5.41) is -2.41. The van der Waals surface area contributed by atoms with Crippen molar-refractivity contribution in [3.05, 3.63) is 82.9 Å². The molecule has 0 unspecified atom stereocenters. The molecule has 0 atom stereocenters. The summed E-state index contributed by atoms with van der Waals surface area (Å²) in [6, 6.07) is 5.43. The fraction of sp³-hybridized carbons (Fsp3) is 0. The first-order valence-corrected chi connectivity index (χ1v) is 7.74. The molecule has 28 heavy (non-hydrogen) atoms. The largest absolute Gasteiger partial charge is 0.206 e. The second-order valence-corrected chi connectivity index (χ2v) is 6.02. The Hall–Kier alpha value is -3.16. The Morgan fingerprint density at radius 1 is 0.429 bits per heavy atom. The average molecular weight is 398 g/mol. The van der Waals surface area contributed by atoms with E-state index < -0.39 is 62.7 Å². The van der Waals surface area contributed by atoms with Gasteiger partial charge in [0.2, 0.25) is 0 Å². The van der Waals surface area contributed by atoms with Crippen LogP contribution in [0.2, 0.25) is 0 Å². The highest BCUT2D eigenvalue weighted by atomic mass is 19.2. The van der Waals surface area contributed by atoms with Gasteiger partial charge in [-0.2, -0.15) is 0 Å². The molecule has 4 rings (SSSR count). The molecule has 0 spiro atoms. The zero-order chi connectivity index (χ0) is 20.3. The Morgan fingerprint density at radius 3 is 1.75 bits per heavy atom. The first kappa shape index (κ1) is 18.2. The molecule has 8 heteroatoms. The van der Waals surface area contributed by atoms with Crippen molar-refractivity contribution in [3.8, 4) is 11.1 Å². The highest BCUT2D eigenvalue weighted by molar-refractivity contribution is 5.99. The third-order valence-electron chi connectivity index (χ3n) is 4.47. The van der Waals surface area contributed by atoms with Crippen LogP contribution in [0.3, 0.4) is 0 Å². The molecule has 0 aliphatic heterocycles. The van der Waals surface area contributed by atoms with Gasteiger partial charge >= 0.3 is 0 Å². The molecule has 0 aliphatic carbocycles. The topological polar surface area (TPSA) is 0 Å². The number of hydrogen-bond acceptors (Lipinski definition) is 0. The summed E-state index contributed by atoms with van der Waals surface area (Å²) in [5.74, 6) is -13.6. The number of fused-ring (bicyclic) bond motifs is 2. The maximum absolute atomic E-state index is 14.1. The fourth-order valence-corrected chi connectivity index (χ4v) is 3.14. The normalized spacial score (nSPS) is 11.6. The summed E-state index contributed by atoms with van der Waals surface area (Å²) in [6.45, 7) is 0. The molecule has 0 bridgehead atoms. The molecular weight excluding hydrogens is 392 g/mol. The van der Waals surface area contributed by atoms with E-state index >= 15 is 0 Å². The molecule has 0 saturated carbocycles. The van der Waals surface area contributed by atoms with Gasteiger partial charge < -0.3 is 0 Å². The van der Waals surface area contributed by atoms with Crippen molar-refractivity contribution in [3.63, 3.8) is 0 Å². The first-order chi connectivity index (χ1) is 13.2. The number of halogens is 8. The molecular formula is C20H6F8. The van der Waals surface area contributed by atoms with Crippen LogP contribution in [0.15, 0.2) is 36.4 Å². The Balaban J connectivity index is 2.09. The van der Waals surface area contributed by atoms with Gasteiger partial charge in [0.1, 0.15) is 5.82 Å². The summed E-state index contributed by atoms with van der Waals surface area (Å²) in [6.07, 6.45) is 0. The lowest BCUT2D eigenvalue weighted by Gasteiger charge is -2.12. The van der Waals surface area contributed by atoms with Gasteiger partial charge in [-0.3, -0.25) is 0 Å². The van der Waals surface area contributed by atoms with Gasteiger partial charge in [0.15, 0.2) is 40.7 Å². The van der Waals surface area contributed by atoms with Gasteiger partial charge in [-0.15, -0.1) is 0 Å². The van der Waals surface area contributed by atoms with E-state index in [2.05, 4.69) is 0 Å². The van der Waals surface area contributed by atoms with E-state index in [9.17, 15) is 35.1 Å². The molecule has 0 saturated heterocycles. The van der Waals surface area contributed by atoms with Crippen LogP contribution >= 0.6 is 0 Å². The predicted molar refractivity (Wildman–Crippen MR) is 86.6 cm³/mol. The Morgan fingerprint density at radius 2 is 1.07 bits per heavy atom. The molecule has 4 aromatic carbocycles. The number of hydrogen-bond donors (Lipinski definition) is 0. The number of rotatable bonds is 1. The van der Waals surface area contributed by atoms with Crippen LogP contribution in [-0.2, 0) is 0 Å². The summed E-state index contributed by atoms with van der Waals surface area (Å²) in [7, 11) is 0. The molecule has 142 valence electrons. The minimum atomic E-state index is -2.02. The van der Waals surface area contributed by atoms with E-state index in [0.29, 0.717) is 6.07 Å². The van der Waals surface area contributed by atoms with E-state index in [0.717, 1.165) is 30.3 Å². The summed E-state index contributed by atoms with van der Waals surface area (Å²) in [5.41, 5.74) is -0.0622. The Bertz CT molecular complexity index is 1290. The van der Waals surface area contributed by atoms with Crippen molar-refractivity contribution in [2.24, 2.45) is 0 Å². The van der Waals surface area contributed by atoms with Gasteiger partial charge in [0.05, 0.1) is 5.39 Å². The zero-order valence-corrected chi connectivity index (χ0v) is 13.5. The molecule has 0 nitrogen and oxygen atoms in total. The lowest BCUT2D eigenvalue weighted by molar-refractivity contribution is 0.418. The monoisotopic (exact) mass is 398 g/mol.